The Labute approximate surface area is 122 Å². The lowest BCUT2D eigenvalue weighted by molar-refractivity contribution is 0.0400. The van der Waals surface area contributed by atoms with E-state index in [0.29, 0.717) is 18.3 Å². The number of likely N-dealkylation sites (tertiary alicyclic amines) is 1. The standard InChI is InChI=1S/C15H17N3O3/c19-13(11-2-3-14-15(6-11)21-10-20-14)9-17-7-12(8-17)18-5-1-4-16-18/h1-6,12-13,19H,7-10H2/t13-/m1/s1. The number of aliphatic hydroxyl groups is 1. The molecule has 1 N–H and O–H groups in total. The first-order chi connectivity index (χ1) is 10.3. The minimum absolute atomic E-state index is 0.257. The summed E-state index contributed by atoms with van der Waals surface area (Å²) >= 11 is 0. The molecule has 2 aromatic rings. The summed E-state index contributed by atoms with van der Waals surface area (Å²) in [5, 5.41) is 14.6. The summed E-state index contributed by atoms with van der Waals surface area (Å²) in [6.07, 6.45) is 3.26. The SMILES string of the molecule is O[C@H](CN1CC(n2cccn2)C1)c1ccc2c(c1)OCO2. The fraction of sp³-hybridized carbons (Fsp3) is 0.400. The maximum absolute atomic E-state index is 10.3. The summed E-state index contributed by atoms with van der Waals surface area (Å²) in [4.78, 5) is 2.22. The highest BCUT2D eigenvalue weighted by molar-refractivity contribution is 5.45. The third-order valence-electron chi connectivity index (χ3n) is 4.05. The number of rotatable bonds is 4. The van der Waals surface area contributed by atoms with Gasteiger partial charge in [0.25, 0.3) is 0 Å². The van der Waals surface area contributed by atoms with Crippen LogP contribution < -0.4 is 9.47 Å². The number of aromatic nitrogens is 2. The van der Waals surface area contributed by atoms with Crippen LogP contribution >= 0.6 is 0 Å². The van der Waals surface area contributed by atoms with Gasteiger partial charge >= 0.3 is 0 Å². The van der Waals surface area contributed by atoms with E-state index < -0.39 is 6.10 Å². The predicted octanol–water partition coefficient (Wildman–Crippen LogP) is 1.20. The number of β-amino-alcohol motifs (C(OH)–C–C–N with tert-alkyl or cyclic N) is 1. The van der Waals surface area contributed by atoms with Crippen LogP contribution in [0.4, 0.5) is 0 Å². The summed E-state index contributed by atoms with van der Waals surface area (Å²) < 4.78 is 12.6. The second kappa shape index (κ2) is 5.05. The normalized spacial score (nSPS) is 19.5. The molecule has 1 aromatic carbocycles. The Balaban J connectivity index is 1.35. The molecule has 1 aromatic heterocycles. The third-order valence-corrected chi connectivity index (χ3v) is 4.05. The number of hydrogen-bond acceptors (Lipinski definition) is 5. The molecule has 6 nitrogen and oxygen atoms in total. The van der Waals surface area contributed by atoms with Crippen LogP contribution in [-0.4, -0.2) is 46.2 Å². The van der Waals surface area contributed by atoms with Crippen molar-refractivity contribution in [2.45, 2.75) is 12.1 Å². The van der Waals surface area contributed by atoms with Gasteiger partial charge in [-0.15, -0.1) is 0 Å². The highest BCUT2D eigenvalue weighted by Crippen LogP contribution is 2.34. The van der Waals surface area contributed by atoms with Crippen molar-refractivity contribution >= 4 is 0 Å². The summed E-state index contributed by atoms with van der Waals surface area (Å²) in [5.74, 6) is 1.46. The van der Waals surface area contributed by atoms with E-state index in [-0.39, 0.29) is 6.79 Å². The Hall–Kier alpha value is -2.05. The van der Waals surface area contributed by atoms with Crippen LogP contribution in [0.2, 0.25) is 0 Å². The smallest absolute Gasteiger partial charge is 0.231 e. The second-order valence-corrected chi connectivity index (χ2v) is 5.49. The average Bonchev–Trinajstić information content (AvgIpc) is 3.11. The van der Waals surface area contributed by atoms with Crippen LogP contribution in [0.3, 0.4) is 0 Å². The van der Waals surface area contributed by atoms with Gasteiger partial charge in [-0.2, -0.15) is 5.10 Å². The summed E-state index contributed by atoms with van der Waals surface area (Å²) in [5.41, 5.74) is 0.863. The van der Waals surface area contributed by atoms with Gasteiger partial charge in [0.15, 0.2) is 11.5 Å². The van der Waals surface area contributed by atoms with Gasteiger partial charge in [0, 0.05) is 32.0 Å². The molecule has 0 bridgehead atoms. The van der Waals surface area contributed by atoms with E-state index in [9.17, 15) is 5.11 Å². The second-order valence-electron chi connectivity index (χ2n) is 5.49. The van der Waals surface area contributed by atoms with E-state index in [2.05, 4.69) is 10.00 Å². The van der Waals surface area contributed by atoms with Crippen LogP contribution in [0.15, 0.2) is 36.7 Å². The Morgan fingerprint density at radius 2 is 2.14 bits per heavy atom. The molecule has 0 spiro atoms. The van der Waals surface area contributed by atoms with Crippen molar-refractivity contribution in [2.75, 3.05) is 26.4 Å². The van der Waals surface area contributed by atoms with Gasteiger partial charge in [0.2, 0.25) is 6.79 Å². The van der Waals surface area contributed by atoms with Crippen LogP contribution in [0.25, 0.3) is 0 Å². The first-order valence-electron chi connectivity index (χ1n) is 7.09. The zero-order valence-corrected chi connectivity index (χ0v) is 11.6. The largest absolute Gasteiger partial charge is 0.454 e. The van der Waals surface area contributed by atoms with E-state index in [0.717, 1.165) is 24.4 Å². The molecule has 4 rings (SSSR count). The molecular weight excluding hydrogens is 270 g/mol. The van der Waals surface area contributed by atoms with Crippen molar-refractivity contribution in [1.82, 2.24) is 14.7 Å². The molecule has 6 heteroatoms. The molecule has 110 valence electrons. The number of benzene rings is 1. The molecular formula is C15H17N3O3. The maximum atomic E-state index is 10.3. The minimum Gasteiger partial charge on any atom is -0.454 e. The van der Waals surface area contributed by atoms with Crippen LogP contribution in [0.5, 0.6) is 11.5 Å². The highest BCUT2D eigenvalue weighted by atomic mass is 16.7. The Bertz CT molecular complexity index is 623. The summed E-state index contributed by atoms with van der Waals surface area (Å²) in [6.45, 7) is 2.72. The van der Waals surface area contributed by atoms with Gasteiger partial charge in [-0.25, -0.2) is 0 Å². The van der Waals surface area contributed by atoms with Gasteiger partial charge in [0.05, 0.1) is 12.1 Å². The molecule has 0 radical (unpaired) electrons. The topological polar surface area (TPSA) is 59.8 Å². The zero-order chi connectivity index (χ0) is 14.2. The van der Waals surface area contributed by atoms with Crippen molar-refractivity contribution in [3.8, 4) is 11.5 Å². The average molecular weight is 287 g/mol. The molecule has 0 saturated carbocycles. The van der Waals surface area contributed by atoms with Gasteiger partial charge in [-0.3, -0.25) is 9.58 Å². The molecule has 2 aliphatic heterocycles. The van der Waals surface area contributed by atoms with E-state index in [1.54, 1.807) is 6.20 Å². The number of hydrogen-bond donors (Lipinski definition) is 1. The predicted molar refractivity (Wildman–Crippen MR) is 75.2 cm³/mol. The maximum Gasteiger partial charge on any atom is 0.231 e. The van der Waals surface area contributed by atoms with Crippen molar-refractivity contribution in [3.05, 3.63) is 42.2 Å². The summed E-state index contributed by atoms with van der Waals surface area (Å²) in [7, 11) is 0. The molecule has 1 saturated heterocycles. The minimum atomic E-state index is -0.516. The van der Waals surface area contributed by atoms with Gasteiger partial charge in [0.1, 0.15) is 0 Å². The lowest BCUT2D eigenvalue weighted by atomic mass is 10.0. The van der Waals surface area contributed by atoms with Crippen LogP contribution in [0.1, 0.15) is 17.7 Å². The number of aliphatic hydroxyl groups excluding tert-OH is 1. The van der Waals surface area contributed by atoms with Gasteiger partial charge in [-0.1, -0.05) is 6.07 Å². The molecule has 0 aliphatic carbocycles. The first kappa shape index (κ1) is 12.7. The van der Waals surface area contributed by atoms with E-state index >= 15 is 0 Å². The molecule has 3 heterocycles. The molecule has 2 aliphatic rings. The third kappa shape index (κ3) is 2.36. The van der Waals surface area contributed by atoms with Crippen molar-refractivity contribution in [2.24, 2.45) is 0 Å². The molecule has 1 atom stereocenters. The van der Waals surface area contributed by atoms with E-state index in [1.807, 2.05) is 35.1 Å². The quantitative estimate of drug-likeness (QED) is 0.915. The fourth-order valence-electron chi connectivity index (χ4n) is 2.83. The van der Waals surface area contributed by atoms with Crippen molar-refractivity contribution in [3.63, 3.8) is 0 Å². The zero-order valence-electron chi connectivity index (χ0n) is 11.6. The molecule has 21 heavy (non-hydrogen) atoms. The van der Waals surface area contributed by atoms with Gasteiger partial charge in [-0.05, 0) is 23.8 Å². The monoisotopic (exact) mass is 287 g/mol. The number of nitrogens with zero attached hydrogens (tertiary/aromatic N) is 3. The Morgan fingerprint density at radius 1 is 1.29 bits per heavy atom. The lowest BCUT2D eigenvalue weighted by Gasteiger charge is -2.40. The van der Waals surface area contributed by atoms with Crippen LogP contribution in [0, 0.1) is 0 Å². The fourth-order valence-corrected chi connectivity index (χ4v) is 2.83. The van der Waals surface area contributed by atoms with Crippen molar-refractivity contribution in [1.29, 1.82) is 0 Å². The number of fused-ring (bicyclic) bond motifs is 1. The molecule has 1 fully saturated rings. The molecule has 0 amide bonds. The Kier molecular flexibility index (Phi) is 3.05. The summed E-state index contributed by atoms with van der Waals surface area (Å²) in [6, 6.07) is 7.96. The molecule has 0 unspecified atom stereocenters. The number of ether oxygens (including phenoxy) is 2. The van der Waals surface area contributed by atoms with Crippen molar-refractivity contribution < 1.29 is 14.6 Å². The van der Waals surface area contributed by atoms with E-state index in [1.165, 1.54) is 0 Å². The van der Waals surface area contributed by atoms with Crippen LogP contribution in [-0.2, 0) is 0 Å². The van der Waals surface area contributed by atoms with Gasteiger partial charge < -0.3 is 14.6 Å². The lowest BCUT2D eigenvalue weighted by Crippen LogP contribution is -2.49. The Morgan fingerprint density at radius 3 is 2.95 bits per heavy atom. The first-order valence-corrected chi connectivity index (χ1v) is 7.09. The van der Waals surface area contributed by atoms with E-state index in [4.69, 9.17) is 9.47 Å². The highest BCUT2D eigenvalue weighted by Gasteiger charge is 2.30.